The molecular formula is C24H19N3O4. The topological polar surface area (TPSA) is 96.5 Å². The van der Waals surface area contributed by atoms with E-state index in [0.717, 1.165) is 5.56 Å². The van der Waals surface area contributed by atoms with Gasteiger partial charge in [-0.3, -0.25) is 9.78 Å². The zero-order valence-corrected chi connectivity index (χ0v) is 16.5. The van der Waals surface area contributed by atoms with Gasteiger partial charge in [-0.15, -0.1) is 0 Å². The molecular weight excluding hydrogens is 394 g/mol. The second kappa shape index (κ2) is 9.04. The number of Topliss-reactive ketones (excluding diaryl/α,β-unsaturated/α-hetero) is 1. The highest BCUT2D eigenvalue weighted by Gasteiger charge is 2.17. The van der Waals surface area contributed by atoms with Crippen molar-refractivity contribution in [2.45, 2.75) is 12.8 Å². The van der Waals surface area contributed by atoms with Gasteiger partial charge in [0.15, 0.2) is 5.76 Å². The van der Waals surface area contributed by atoms with Crippen molar-refractivity contribution in [1.82, 2.24) is 9.97 Å². The van der Waals surface area contributed by atoms with Crippen molar-refractivity contribution < 1.29 is 19.1 Å². The molecule has 0 aliphatic heterocycles. The number of ketones is 1. The minimum atomic E-state index is -1.07. The third-order valence-corrected chi connectivity index (χ3v) is 4.70. The van der Waals surface area contributed by atoms with Gasteiger partial charge in [-0.25, -0.2) is 14.7 Å². The van der Waals surface area contributed by atoms with Gasteiger partial charge in [0.05, 0.1) is 17.6 Å². The highest BCUT2D eigenvalue weighted by atomic mass is 16.4. The van der Waals surface area contributed by atoms with Crippen LogP contribution in [-0.4, -0.2) is 27.0 Å². The molecule has 0 aliphatic carbocycles. The molecule has 0 saturated carbocycles. The van der Waals surface area contributed by atoms with E-state index in [2.05, 4.69) is 9.97 Å². The van der Waals surface area contributed by atoms with E-state index < -0.39 is 6.09 Å². The standard InChI is InChI=1S/C24H19N3O4/c28-21(23-26-16-22(31-23)20-8-4-5-15-25-20)14-11-17-9-12-19(13-10-17)27(24(29)30)18-6-2-1-3-7-18/h1-10,12-13,15-16H,11,14H2,(H,29,30). The van der Waals surface area contributed by atoms with Crippen LogP contribution in [0.5, 0.6) is 0 Å². The van der Waals surface area contributed by atoms with E-state index in [9.17, 15) is 14.7 Å². The average Bonchev–Trinajstić information content (AvgIpc) is 3.30. The first-order chi connectivity index (χ1) is 15.1. The van der Waals surface area contributed by atoms with E-state index in [4.69, 9.17) is 4.42 Å². The summed E-state index contributed by atoms with van der Waals surface area (Å²) < 4.78 is 5.55. The summed E-state index contributed by atoms with van der Waals surface area (Å²) in [4.78, 5) is 33.6. The van der Waals surface area contributed by atoms with Crippen molar-refractivity contribution in [2.75, 3.05) is 4.90 Å². The number of para-hydroxylation sites is 1. The predicted molar refractivity (Wildman–Crippen MR) is 115 cm³/mol. The lowest BCUT2D eigenvalue weighted by Gasteiger charge is -2.19. The number of benzene rings is 2. The van der Waals surface area contributed by atoms with Crippen molar-refractivity contribution in [3.8, 4) is 11.5 Å². The van der Waals surface area contributed by atoms with Gasteiger partial charge in [-0.2, -0.15) is 0 Å². The summed E-state index contributed by atoms with van der Waals surface area (Å²) in [5.41, 5.74) is 2.62. The molecule has 2 aromatic carbocycles. The molecule has 154 valence electrons. The number of carbonyl (C=O) groups excluding carboxylic acids is 1. The molecule has 4 rings (SSSR count). The Morgan fingerprint density at radius 3 is 2.26 bits per heavy atom. The Balaban J connectivity index is 1.41. The highest BCUT2D eigenvalue weighted by molar-refractivity contribution is 5.95. The SMILES string of the molecule is O=C(CCc1ccc(N(C(=O)O)c2ccccc2)cc1)c1ncc(-c2ccccn2)o1. The number of rotatable bonds is 7. The number of pyridine rings is 1. The Morgan fingerprint density at radius 2 is 1.58 bits per heavy atom. The number of aromatic nitrogens is 2. The Hall–Kier alpha value is -4.26. The Kier molecular flexibility index (Phi) is 5.84. The summed E-state index contributed by atoms with van der Waals surface area (Å²) >= 11 is 0. The van der Waals surface area contributed by atoms with E-state index in [1.165, 1.54) is 11.1 Å². The number of oxazole rings is 1. The van der Waals surface area contributed by atoms with Crippen molar-refractivity contribution in [3.05, 3.63) is 96.6 Å². The third kappa shape index (κ3) is 4.67. The van der Waals surface area contributed by atoms with Gasteiger partial charge in [0.25, 0.3) is 5.89 Å². The van der Waals surface area contributed by atoms with Gasteiger partial charge in [0, 0.05) is 12.6 Å². The van der Waals surface area contributed by atoms with Crippen LogP contribution in [0, 0.1) is 0 Å². The third-order valence-electron chi connectivity index (χ3n) is 4.70. The first kappa shape index (κ1) is 20.0. The van der Waals surface area contributed by atoms with Crippen LogP contribution < -0.4 is 4.90 Å². The molecule has 1 amide bonds. The first-order valence-corrected chi connectivity index (χ1v) is 9.69. The van der Waals surface area contributed by atoms with Crippen molar-refractivity contribution in [1.29, 1.82) is 0 Å². The molecule has 0 aliphatic rings. The second-order valence-electron chi connectivity index (χ2n) is 6.79. The fourth-order valence-electron chi connectivity index (χ4n) is 3.15. The molecule has 0 bridgehead atoms. The number of carbonyl (C=O) groups is 2. The zero-order valence-electron chi connectivity index (χ0n) is 16.5. The van der Waals surface area contributed by atoms with Crippen molar-refractivity contribution in [2.24, 2.45) is 0 Å². The summed E-state index contributed by atoms with van der Waals surface area (Å²) in [7, 11) is 0. The van der Waals surface area contributed by atoms with Crippen LogP contribution in [0.1, 0.15) is 22.7 Å². The van der Waals surface area contributed by atoms with Gasteiger partial charge >= 0.3 is 6.09 Å². The molecule has 2 heterocycles. The normalized spacial score (nSPS) is 10.6. The summed E-state index contributed by atoms with van der Waals surface area (Å²) in [6.07, 6.45) is 2.78. The van der Waals surface area contributed by atoms with Crippen molar-refractivity contribution in [3.63, 3.8) is 0 Å². The largest absolute Gasteiger partial charge is 0.464 e. The van der Waals surface area contributed by atoms with Gasteiger partial charge in [-0.1, -0.05) is 36.4 Å². The monoisotopic (exact) mass is 413 g/mol. The molecule has 31 heavy (non-hydrogen) atoms. The number of hydrogen-bond donors (Lipinski definition) is 1. The van der Waals surface area contributed by atoms with Crippen LogP contribution in [0.3, 0.4) is 0 Å². The first-order valence-electron chi connectivity index (χ1n) is 9.69. The number of amides is 1. The number of nitrogens with zero attached hydrogens (tertiary/aromatic N) is 3. The summed E-state index contributed by atoms with van der Waals surface area (Å²) in [6, 6.07) is 21.4. The van der Waals surface area contributed by atoms with E-state index in [0.29, 0.717) is 29.2 Å². The van der Waals surface area contributed by atoms with Crippen LogP contribution in [0.4, 0.5) is 16.2 Å². The minimum Gasteiger partial charge on any atom is -0.464 e. The maximum absolute atomic E-state index is 12.4. The maximum atomic E-state index is 12.4. The number of hydrogen-bond acceptors (Lipinski definition) is 5. The smallest absolute Gasteiger partial charge is 0.416 e. The van der Waals surface area contributed by atoms with Gasteiger partial charge in [0.2, 0.25) is 5.78 Å². The maximum Gasteiger partial charge on any atom is 0.416 e. The van der Waals surface area contributed by atoms with Gasteiger partial charge in [-0.05, 0) is 48.4 Å². The van der Waals surface area contributed by atoms with Crippen LogP contribution in [0.2, 0.25) is 0 Å². The number of anilines is 2. The average molecular weight is 413 g/mol. The van der Waals surface area contributed by atoms with Gasteiger partial charge in [0.1, 0.15) is 5.69 Å². The molecule has 0 fully saturated rings. The van der Waals surface area contributed by atoms with Crippen LogP contribution in [0.25, 0.3) is 11.5 Å². The van der Waals surface area contributed by atoms with Crippen LogP contribution in [-0.2, 0) is 6.42 Å². The Labute approximate surface area is 178 Å². The number of aryl methyl sites for hydroxylation is 1. The van der Waals surface area contributed by atoms with E-state index >= 15 is 0 Å². The lowest BCUT2D eigenvalue weighted by molar-refractivity contribution is 0.0950. The van der Waals surface area contributed by atoms with Crippen LogP contribution >= 0.6 is 0 Å². The quantitative estimate of drug-likeness (QED) is 0.409. The highest BCUT2D eigenvalue weighted by Crippen LogP contribution is 2.26. The summed E-state index contributed by atoms with van der Waals surface area (Å²) in [6.45, 7) is 0. The minimum absolute atomic E-state index is 0.0541. The Bertz CT molecular complexity index is 1170. The lowest BCUT2D eigenvalue weighted by atomic mass is 10.1. The molecule has 0 spiro atoms. The fraction of sp³-hybridized carbons (Fsp3) is 0.0833. The van der Waals surface area contributed by atoms with Gasteiger partial charge < -0.3 is 9.52 Å². The molecule has 7 nitrogen and oxygen atoms in total. The Morgan fingerprint density at radius 1 is 0.871 bits per heavy atom. The molecule has 1 N–H and O–H groups in total. The molecule has 0 atom stereocenters. The zero-order chi connectivity index (χ0) is 21.6. The molecule has 0 radical (unpaired) electrons. The van der Waals surface area contributed by atoms with Crippen LogP contribution in [0.15, 0.2) is 89.6 Å². The molecule has 7 heteroatoms. The molecule has 0 unspecified atom stereocenters. The van der Waals surface area contributed by atoms with E-state index in [1.807, 2.05) is 24.3 Å². The van der Waals surface area contributed by atoms with E-state index in [1.54, 1.807) is 54.7 Å². The van der Waals surface area contributed by atoms with E-state index in [-0.39, 0.29) is 18.1 Å². The number of carboxylic acid groups (broad SMARTS) is 1. The summed E-state index contributed by atoms with van der Waals surface area (Å²) in [5.74, 6) is 0.295. The summed E-state index contributed by atoms with van der Waals surface area (Å²) in [5, 5.41) is 9.60. The molecule has 0 saturated heterocycles. The second-order valence-corrected chi connectivity index (χ2v) is 6.79. The molecule has 4 aromatic rings. The lowest BCUT2D eigenvalue weighted by Crippen LogP contribution is -2.23. The molecule has 2 aromatic heterocycles. The fourth-order valence-corrected chi connectivity index (χ4v) is 3.15. The predicted octanol–water partition coefficient (Wildman–Crippen LogP) is 5.37. The van der Waals surface area contributed by atoms with Crippen molar-refractivity contribution >= 4 is 23.3 Å².